The van der Waals surface area contributed by atoms with Gasteiger partial charge in [-0.15, -0.1) is 0 Å². The van der Waals surface area contributed by atoms with Gasteiger partial charge < -0.3 is 0 Å². The van der Waals surface area contributed by atoms with Crippen molar-refractivity contribution < 1.29 is 8.42 Å². The van der Waals surface area contributed by atoms with E-state index in [0.29, 0.717) is 5.56 Å². The quantitative estimate of drug-likeness (QED) is 0.786. The molecular weight excluding hydrogens is 258 g/mol. The molecule has 0 bridgehead atoms. The van der Waals surface area contributed by atoms with E-state index in [2.05, 4.69) is 4.98 Å². The first-order valence-corrected chi connectivity index (χ1v) is 7.25. The summed E-state index contributed by atoms with van der Waals surface area (Å²) in [5, 5.41) is 0. The van der Waals surface area contributed by atoms with Crippen LogP contribution in [0.25, 0.3) is 11.1 Å². The van der Waals surface area contributed by atoms with Gasteiger partial charge in [0.1, 0.15) is 0 Å². The molecule has 88 valence electrons. The highest BCUT2D eigenvalue weighted by molar-refractivity contribution is 8.13. The Balaban J connectivity index is 2.61. The van der Waals surface area contributed by atoms with E-state index in [9.17, 15) is 8.42 Å². The summed E-state index contributed by atoms with van der Waals surface area (Å²) in [5.74, 6) is 0. The molecule has 0 N–H and O–H groups in total. The van der Waals surface area contributed by atoms with Crippen LogP contribution in [0.5, 0.6) is 0 Å². The van der Waals surface area contributed by atoms with Crippen molar-refractivity contribution in [3.8, 4) is 11.1 Å². The number of hydrogen-bond donors (Lipinski definition) is 0. The van der Waals surface area contributed by atoms with Gasteiger partial charge in [-0.25, -0.2) is 8.42 Å². The number of rotatable bonds is 2. The number of pyridine rings is 1. The Morgan fingerprint density at radius 1 is 1.18 bits per heavy atom. The van der Waals surface area contributed by atoms with Crippen LogP contribution < -0.4 is 0 Å². The first kappa shape index (κ1) is 12.1. The van der Waals surface area contributed by atoms with Crippen molar-refractivity contribution in [3.05, 3.63) is 48.3 Å². The molecule has 0 spiro atoms. The van der Waals surface area contributed by atoms with Gasteiger partial charge >= 0.3 is 0 Å². The summed E-state index contributed by atoms with van der Waals surface area (Å²) in [6, 6.07) is 8.80. The fourth-order valence-corrected chi connectivity index (χ4v) is 2.79. The minimum absolute atomic E-state index is 0.139. The Morgan fingerprint density at radius 2 is 1.94 bits per heavy atom. The van der Waals surface area contributed by atoms with Crippen LogP contribution in [0.4, 0.5) is 0 Å². The van der Waals surface area contributed by atoms with Crippen LogP contribution in [0.3, 0.4) is 0 Å². The molecule has 0 aliphatic rings. The minimum Gasteiger partial charge on any atom is -0.264 e. The first-order chi connectivity index (χ1) is 7.98. The van der Waals surface area contributed by atoms with E-state index in [1.54, 1.807) is 37.5 Å². The highest BCUT2D eigenvalue weighted by Crippen LogP contribution is 2.26. The largest absolute Gasteiger partial charge is 0.264 e. The topological polar surface area (TPSA) is 47.0 Å². The minimum atomic E-state index is -3.71. The molecule has 17 heavy (non-hydrogen) atoms. The van der Waals surface area contributed by atoms with Crippen LogP contribution >= 0.6 is 10.7 Å². The van der Waals surface area contributed by atoms with Gasteiger partial charge in [-0.1, -0.05) is 18.2 Å². The summed E-state index contributed by atoms with van der Waals surface area (Å²) in [6.07, 6.45) is 3.34. The van der Waals surface area contributed by atoms with Crippen molar-refractivity contribution in [1.29, 1.82) is 0 Å². The zero-order valence-corrected chi connectivity index (χ0v) is 10.7. The highest BCUT2D eigenvalue weighted by Gasteiger charge is 2.14. The SMILES string of the molecule is Cc1ccc(-c2cccnc2)cc1S(=O)(=O)Cl. The second-order valence-electron chi connectivity index (χ2n) is 3.66. The average molecular weight is 268 g/mol. The van der Waals surface area contributed by atoms with Crippen molar-refractivity contribution in [2.24, 2.45) is 0 Å². The van der Waals surface area contributed by atoms with E-state index in [1.807, 2.05) is 12.1 Å². The third-order valence-electron chi connectivity index (χ3n) is 2.45. The molecule has 2 aromatic rings. The van der Waals surface area contributed by atoms with Gasteiger partial charge in [0.25, 0.3) is 9.05 Å². The summed E-state index contributed by atoms with van der Waals surface area (Å²) in [4.78, 5) is 4.13. The van der Waals surface area contributed by atoms with E-state index in [-0.39, 0.29) is 4.90 Å². The molecule has 0 aliphatic carbocycles. The third kappa shape index (κ3) is 2.65. The molecule has 0 atom stereocenters. The summed E-state index contributed by atoms with van der Waals surface area (Å²) in [5.41, 5.74) is 2.27. The Hall–Kier alpha value is -1.39. The lowest BCUT2D eigenvalue weighted by Gasteiger charge is -2.06. The van der Waals surface area contributed by atoms with Gasteiger partial charge in [-0.05, 0) is 30.2 Å². The summed E-state index contributed by atoms with van der Waals surface area (Å²) >= 11 is 0. The van der Waals surface area contributed by atoms with E-state index in [1.165, 1.54) is 0 Å². The maximum atomic E-state index is 11.4. The molecule has 1 aromatic carbocycles. The van der Waals surface area contributed by atoms with Gasteiger partial charge in [-0.2, -0.15) is 0 Å². The first-order valence-electron chi connectivity index (χ1n) is 4.94. The Labute approximate surface area is 105 Å². The summed E-state index contributed by atoms with van der Waals surface area (Å²) in [6.45, 7) is 1.71. The summed E-state index contributed by atoms with van der Waals surface area (Å²) < 4.78 is 22.8. The van der Waals surface area contributed by atoms with Gasteiger partial charge in [-0.3, -0.25) is 4.98 Å². The normalized spacial score (nSPS) is 11.4. The number of hydrogen-bond acceptors (Lipinski definition) is 3. The number of nitrogens with zero attached hydrogens (tertiary/aromatic N) is 1. The molecule has 0 unspecified atom stereocenters. The number of aryl methyl sites for hydroxylation is 1. The molecule has 0 aliphatic heterocycles. The van der Waals surface area contributed by atoms with E-state index < -0.39 is 9.05 Å². The highest BCUT2D eigenvalue weighted by atomic mass is 35.7. The molecule has 1 aromatic heterocycles. The zero-order valence-electron chi connectivity index (χ0n) is 9.09. The Kier molecular flexibility index (Phi) is 3.17. The molecule has 0 fully saturated rings. The van der Waals surface area contributed by atoms with Gasteiger partial charge in [0.15, 0.2) is 0 Å². The van der Waals surface area contributed by atoms with Gasteiger partial charge in [0, 0.05) is 28.6 Å². The van der Waals surface area contributed by atoms with Crippen molar-refractivity contribution in [1.82, 2.24) is 4.98 Å². The Morgan fingerprint density at radius 3 is 2.53 bits per heavy atom. The lowest BCUT2D eigenvalue weighted by atomic mass is 10.1. The van der Waals surface area contributed by atoms with Crippen LogP contribution in [-0.4, -0.2) is 13.4 Å². The molecule has 0 radical (unpaired) electrons. The predicted octanol–water partition coefficient (Wildman–Crippen LogP) is 2.98. The molecular formula is C12H10ClNO2S. The van der Waals surface area contributed by atoms with Gasteiger partial charge in [0.2, 0.25) is 0 Å². The lowest BCUT2D eigenvalue weighted by molar-refractivity contribution is 0.609. The van der Waals surface area contributed by atoms with Crippen LogP contribution in [0.2, 0.25) is 0 Å². The molecule has 2 rings (SSSR count). The van der Waals surface area contributed by atoms with Crippen molar-refractivity contribution in [2.45, 2.75) is 11.8 Å². The number of halogens is 1. The molecule has 0 saturated heterocycles. The zero-order chi connectivity index (χ0) is 12.5. The Bertz CT molecular complexity index is 639. The molecule has 5 heteroatoms. The van der Waals surface area contributed by atoms with Gasteiger partial charge in [0.05, 0.1) is 4.90 Å². The van der Waals surface area contributed by atoms with Crippen LogP contribution in [0.1, 0.15) is 5.56 Å². The average Bonchev–Trinajstić information content (AvgIpc) is 2.29. The smallest absolute Gasteiger partial charge is 0.261 e. The number of benzene rings is 1. The van der Waals surface area contributed by atoms with E-state index in [0.717, 1.165) is 11.1 Å². The monoisotopic (exact) mass is 267 g/mol. The van der Waals surface area contributed by atoms with Crippen molar-refractivity contribution >= 4 is 19.7 Å². The molecule has 0 amide bonds. The second-order valence-corrected chi connectivity index (χ2v) is 6.19. The van der Waals surface area contributed by atoms with Crippen LogP contribution in [0, 0.1) is 6.92 Å². The van der Waals surface area contributed by atoms with E-state index in [4.69, 9.17) is 10.7 Å². The lowest BCUT2D eigenvalue weighted by Crippen LogP contribution is -1.95. The molecule has 0 saturated carbocycles. The van der Waals surface area contributed by atoms with Crippen LogP contribution in [0.15, 0.2) is 47.6 Å². The van der Waals surface area contributed by atoms with Crippen LogP contribution in [-0.2, 0) is 9.05 Å². The molecule has 1 heterocycles. The van der Waals surface area contributed by atoms with E-state index >= 15 is 0 Å². The maximum Gasteiger partial charge on any atom is 0.261 e. The van der Waals surface area contributed by atoms with Crippen molar-refractivity contribution in [3.63, 3.8) is 0 Å². The predicted molar refractivity (Wildman–Crippen MR) is 67.4 cm³/mol. The fraction of sp³-hybridized carbons (Fsp3) is 0.0833. The van der Waals surface area contributed by atoms with Crippen molar-refractivity contribution in [2.75, 3.05) is 0 Å². The third-order valence-corrected chi connectivity index (χ3v) is 3.91. The number of aromatic nitrogens is 1. The summed E-state index contributed by atoms with van der Waals surface area (Å²) in [7, 11) is 1.67. The second kappa shape index (κ2) is 4.47. The fourth-order valence-electron chi connectivity index (χ4n) is 1.58. The standard InChI is InChI=1S/C12H10ClNO2S/c1-9-4-5-10(7-12(9)17(13,15)16)11-3-2-6-14-8-11/h2-8H,1H3. The molecule has 3 nitrogen and oxygen atoms in total. The maximum absolute atomic E-state index is 11.4.